The zero-order valence-corrected chi connectivity index (χ0v) is 19.2. The van der Waals surface area contributed by atoms with Crippen molar-refractivity contribution >= 4 is 45.8 Å². The number of nitro groups is 1. The lowest BCUT2D eigenvalue weighted by molar-refractivity contribution is -0.384. The molecule has 0 saturated heterocycles. The Balaban J connectivity index is 1.75. The van der Waals surface area contributed by atoms with Crippen LogP contribution >= 0.6 is 11.3 Å². The number of furan rings is 1. The fraction of sp³-hybridized carbons (Fsp3) is 0.182. The second-order valence-electron chi connectivity index (χ2n) is 6.69. The minimum atomic E-state index is -1.08. The van der Waals surface area contributed by atoms with Gasteiger partial charge in [0, 0.05) is 23.1 Å². The summed E-state index contributed by atoms with van der Waals surface area (Å²) in [4.78, 5) is 59.4. The first-order valence-corrected chi connectivity index (χ1v) is 10.8. The van der Waals surface area contributed by atoms with E-state index in [0.29, 0.717) is 11.3 Å². The molecule has 13 heteroatoms. The predicted octanol–water partition coefficient (Wildman–Crippen LogP) is 3.68. The molecule has 0 aliphatic rings. The van der Waals surface area contributed by atoms with Crippen molar-refractivity contribution in [3.8, 4) is 11.3 Å². The molecule has 2 aromatic heterocycles. The molecule has 182 valence electrons. The van der Waals surface area contributed by atoms with Crippen LogP contribution in [-0.4, -0.2) is 49.1 Å². The molecule has 0 spiro atoms. The topological polar surface area (TPSA) is 164 Å². The van der Waals surface area contributed by atoms with E-state index in [2.05, 4.69) is 10.1 Å². The number of carbonyl (C=O) groups is 4. The number of carbonyl (C=O) groups excluding carboxylic acids is 4. The highest BCUT2D eigenvalue weighted by Gasteiger charge is 2.25. The number of hydrogen-bond acceptors (Lipinski definition) is 11. The van der Waals surface area contributed by atoms with Crippen molar-refractivity contribution in [1.82, 2.24) is 0 Å². The van der Waals surface area contributed by atoms with E-state index in [0.717, 1.165) is 36.6 Å². The number of rotatable bonds is 9. The number of esters is 3. The monoisotopic (exact) mass is 502 g/mol. The first kappa shape index (κ1) is 25.1. The molecule has 0 saturated carbocycles. The Morgan fingerprint density at radius 3 is 2.40 bits per heavy atom. The molecule has 0 radical (unpaired) electrons. The molecule has 3 aromatic rings. The Morgan fingerprint density at radius 2 is 1.80 bits per heavy atom. The zero-order valence-electron chi connectivity index (χ0n) is 18.4. The Morgan fingerprint density at radius 1 is 1.09 bits per heavy atom. The van der Waals surface area contributed by atoms with Crippen molar-refractivity contribution < 1.29 is 42.7 Å². The molecule has 1 amide bonds. The molecule has 35 heavy (non-hydrogen) atoms. The number of nitrogens with one attached hydrogen (secondary N) is 1. The van der Waals surface area contributed by atoms with Gasteiger partial charge in [-0.3, -0.25) is 14.9 Å². The predicted molar refractivity (Wildman–Crippen MR) is 121 cm³/mol. The van der Waals surface area contributed by atoms with Gasteiger partial charge in [0.1, 0.15) is 16.3 Å². The quantitative estimate of drug-likeness (QED) is 0.197. The first-order chi connectivity index (χ1) is 16.7. The number of nitro benzene ring substituents is 1. The molecule has 2 heterocycles. The second-order valence-corrected chi connectivity index (χ2v) is 7.57. The summed E-state index contributed by atoms with van der Waals surface area (Å²) in [5, 5.41) is 15.4. The van der Waals surface area contributed by atoms with Crippen LogP contribution in [0.25, 0.3) is 11.3 Å². The number of ether oxygens (including phenoxy) is 3. The number of non-ortho nitro benzene ring substituents is 1. The summed E-state index contributed by atoms with van der Waals surface area (Å²) in [5.41, 5.74) is -0.602. The lowest BCUT2D eigenvalue weighted by Gasteiger charge is -2.09. The summed E-state index contributed by atoms with van der Waals surface area (Å²) < 4.78 is 19.9. The van der Waals surface area contributed by atoms with Crippen LogP contribution in [0.1, 0.15) is 38.0 Å². The number of anilines is 1. The summed E-state index contributed by atoms with van der Waals surface area (Å²) in [5.74, 6) is -3.04. The van der Waals surface area contributed by atoms with Crippen molar-refractivity contribution in [2.45, 2.75) is 6.92 Å². The number of methoxy groups -OCH3 is 1. The maximum Gasteiger partial charge on any atom is 0.341 e. The third-order valence-corrected chi connectivity index (χ3v) is 5.33. The van der Waals surface area contributed by atoms with Crippen LogP contribution in [0.2, 0.25) is 0 Å². The molecule has 0 fully saturated rings. The van der Waals surface area contributed by atoms with Gasteiger partial charge in [-0.25, -0.2) is 14.4 Å². The van der Waals surface area contributed by atoms with Crippen LogP contribution in [0.15, 0.2) is 46.4 Å². The summed E-state index contributed by atoms with van der Waals surface area (Å²) >= 11 is 1.04. The van der Waals surface area contributed by atoms with Crippen LogP contribution in [0.4, 0.5) is 10.7 Å². The average Bonchev–Trinajstić information content (AvgIpc) is 3.51. The number of thiophene rings is 1. The number of nitrogens with zero attached hydrogens (tertiary/aromatic N) is 1. The molecular weight excluding hydrogens is 484 g/mol. The molecule has 0 bridgehead atoms. The van der Waals surface area contributed by atoms with Crippen LogP contribution in [0.3, 0.4) is 0 Å². The van der Waals surface area contributed by atoms with E-state index < -0.39 is 41.0 Å². The van der Waals surface area contributed by atoms with Gasteiger partial charge in [-0.05, 0) is 25.1 Å². The van der Waals surface area contributed by atoms with Crippen molar-refractivity contribution in [3.63, 3.8) is 0 Å². The zero-order chi connectivity index (χ0) is 25.5. The lowest BCUT2D eigenvalue weighted by Crippen LogP contribution is -2.22. The highest BCUT2D eigenvalue weighted by molar-refractivity contribution is 7.15. The van der Waals surface area contributed by atoms with E-state index in [4.69, 9.17) is 13.9 Å². The van der Waals surface area contributed by atoms with E-state index in [9.17, 15) is 29.3 Å². The molecule has 1 aromatic carbocycles. The fourth-order valence-electron chi connectivity index (χ4n) is 2.92. The summed E-state index contributed by atoms with van der Waals surface area (Å²) in [6.45, 7) is 0.966. The summed E-state index contributed by atoms with van der Waals surface area (Å²) in [7, 11) is 1.08. The van der Waals surface area contributed by atoms with Crippen LogP contribution in [0.5, 0.6) is 0 Å². The first-order valence-electron chi connectivity index (χ1n) is 9.92. The number of benzene rings is 1. The average molecular weight is 502 g/mol. The fourth-order valence-corrected chi connectivity index (χ4v) is 3.87. The van der Waals surface area contributed by atoms with Gasteiger partial charge in [0.15, 0.2) is 6.61 Å². The van der Waals surface area contributed by atoms with E-state index >= 15 is 0 Å². The van der Waals surface area contributed by atoms with Gasteiger partial charge >= 0.3 is 17.9 Å². The van der Waals surface area contributed by atoms with Gasteiger partial charge in [-0.2, -0.15) is 0 Å². The molecule has 1 N–H and O–H groups in total. The minimum Gasteiger partial charge on any atom is -0.465 e. The van der Waals surface area contributed by atoms with Gasteiger partial charge in [0.25, 0.3) is 11.6 Å². The molecule has 0 aliphatic heterocycles. The third-order valence-electron chi connectivity index (χ3n) is 4.43. The summed E-state index contributed by atoms with van der Waals surface area (Å²) in [6, 6.07) is 6.17. The third kappa shape index (κ3) is 5.89. The molecule has 0 atom stereocenters. The van der Waals surface area contributed by atoms with Crippen LogP contribution in [-0.2, 0) is 19.0 Å². The van der Waals surface area contributed by atoms with Crippen LogP contribution < -0.4 is 5.32 Å². The normalized spacial score (nSPS) is 10.3. The number of amides is 1. The molecule has 3 rings (SSSR count). The van der Waals surface area contributed by atoms with Gasteiger partial charge in [-0.1, -0.05) is 0 Å². The number of hydrogen-bond donors (Lipinski definition) is 1. The van der Waals surface area contributed by atoms with E-state index in [1.54, 1.807) is 24.4 Å². The second kappa shape index (κ2) is 11.1. The smallest absolute Gasteiger partial charge is 0.341 e. The van der Waals surface area contributed by atoms with Gasteiger partial charge in [0.05, 0.1) is 36.0 Å². The SMILES string of the molecule is CCOC(=O)c1c(-c2ccco2)csc1NC(=O)COC(=O)c1cc(C(=O)OC)cc([N+](=O)[O-])c1. The Bertz CT molecular complexity index is 1280. The molecular formula is C22H18N2O10S. The van der Waals surface area contributed by atoms with Crippen molar-refractivity contribution in [1.29, 1.82) is 0 Å². The minimum absolute atomic E-state index is 0.0767. The van der Waals surface area contributed by atoms with Crippen molar-refractivity contribution in [2.24, 2.45) is 0 Å². The largest absolute Gasteiger partial charge is 0.465 e. The molecule has 0 unspecified atom stereocenters. The van der Waals surface area contributed by atoms with Crippen molar-refractivity contribution in [2.75, 3.05) is 25.6 Å². The summed E-state index contributed by atoms with van der Waals surface area (Å²) in [6.07, 6.45) is 1.43. The maximum absolute atomic E-state index is 12.5. The van der Waals surface area contributed by atoms with Crippen molar-refractivity contribution in [3.05, 3.63) is 68.8 Å². The Hall–Kier alpha value is -4.52. The Labute approximate surface area is 201 Å². The Kier molecular flexibility index (Phi) is 7.94. The highest BCUT2D eigenvalue weighted by atomic mass is 32.1. The maximum atomic E-state index is 12.5. The molecule has 12 nitrogen and oxygen atoms in total. The van der Waals surface area contributed by atoms with E-state index in [1.165, 1.54) is 6.26 Å². The van der Waals surface area contributed by atoms with E-state index in [1.807, 2.05) is 0 Å². The molecule has 0 aliphatic carbocycles. The van der Waals surface area contributed by atoms with E-state index in [-0.39, 0.29) is 28.3 Å². The van der Waals surface area contributed by atoms with Gasteiger partial charge in [0.2, 0.25) is 0 Å². The van der Waals surface area contributed by atoms with Crippen LogP contribution in [0, 0.1) is 10.1 Å². The van der Waals surface area contributed by atoms with Gasteiger partial charge in [-0.15, -0.1) is 11.3 Å². The lowest BCUT2D eigenvalue weighted by atomic mass is 10.1. The highest BCUT2D eigenvalue weighted by Crippen LogP contribution is 2.36. The standard InChI is InChI=1S/C22H18N2O10S/c1-3-32-22(28)18-15(16-5-4-6-33-16)11-35-19(18)23-17(25)10-34-21(27)13-7-12(20(26)31-2)8-14(9-13)24(29)30/h4-9,11H,3,10H2,1-2H3,(H,23,25). The van der Waals surface area contributed by atoms with Gasteiger partial charge < -0.3 is 23.9 Å².